The second-order valence-electron chi connectivity index (χ2n) is 3.73. The van der Waals surface area contributed by atoms with Crippen LogP contribution in [0.3, 0.4) is 0 Å². The van der Waals surface area contributed by atoms with Crippen molar-refractivity contribution in [3.63, 3.8) is 0 Å². The summed E-state index contributed by atoms with van der Waals surface area (Å²) < 4.78 is 5.36. The minimum Gasteiger partial charge on any atom is -0.490 e. The van der Waals surface area contributed by atoms with Crippen LogP contribution >= 0.6 is 0 Å². The SMILES string of the molecule is Cc1ccc([N+](=O)[O-])cc1O[C@H](C)CC(=O)O. The van der Waals surface area contributed by atoms with Gasteiger partial charge >= 0.3 is 5.97 Å². The molecular weight excluding hydrogens is 226 g/mol. The minimum absolute atomic E-state index is 0.0758. The number of aryl methyl sites for hydroxylation is 1. The van der Waals surface area contributed by atoms with Crippen molar-refractivity contribution in [3.8, 4) is 5.75 Å². The van der Waals surface area contributed by atoms with Crippen molar-refractivity contribution in [1.29, 1.82) is 0 Å². The Balaban J connectivity index is 2.86. The third-order valence-corrected chi connectivity index (χ3v) is 2.17. The molecule has 0 aliphatic rings. The number of carboxylic acids is 1. The maximum atomic E-state index is 10.6. The Morgan fingerprint density at radius 2 is 2.24 bits per heavy atom. The zero-order valence-corrected chi connectivity index (χ0v) is 9.54. The summed E-state index contributed by atoms with van der Waals surface area (Å²) in [4.78, 5) is 20.5. The number of nitro benzene ring substituents is 1. The first-order chi connectivity index (χ1) is 7.90. The third kappa shape index (κ3) is 3.75. The second kappa shape index (κ2) is 5.29. The van der Waals surface area contributed by atoms with Crippen molar-refractivity contribution in [2.24, 2.45) is 0 Å². The second-order valence-corrected chi connectivity index (χ2v) is 3.73. The first-order valence-corrected chi connectivity index (χ1v) is 5.03. The van der Waals surface area contributed by atoms with Gasteiger partial charge in [-0.05, 0) is 25.5 Å². The van der Waals surface area contributed by atoms with Crippen molar-refractivity contribution < 1.29 is 19.6 Å². The number of carboxylic acid groups (broad SMARTS) is 1. The van der Waals surface area contributed by atoms with Crippen LogP contribution in [0.1, 0.15) is 18.9 Å². The molecule has 17 heavy (non-hydrogen) atoms. The number of hydrogen-bond acceptors (Lipinski definition) is 4. The van der Waals surface area contributed by atoms with Crippen LogP contribution in [0.4, 0.5) is 5.69 Å². The van der Waals surface area contributed by atoms with Gasteiger partial charge in [-0.1, -0.05) is 0 Å². The quantitative estimate of drug-likeness (QED) is 0.628. The zero-order valence-electron chi connectivity index (χ0n) is 9.54. The van der Waals surface area contributed by atoms with E-state index in [4.69, 9.17) is 9.84 Å². The molecule has 0 aliphatic carbocycles. The number of nitrogens with zero attached hydrogens (tertiary/aromatic N) is 1. The van der Waals surface area contributed by atoms with Crippen LogP contribution in [-0.4, -0.2) is 22.1 Å². The first-order valence-electron chi connectivity index (χ1n) is 5.03. The predicted octanol–water partition coefficient (Wildman–Crippen LogP) is 2.15. The number of ether oxygens (including phenoxy) is 1. The molecule has 1 aromatic carbocycles. The van der Waals surface area contributed by atoms with E-state index in [1.54, 1.807) is 19.9 Å². The Labute approximate surface area is 98.0 Å². The van der Waals surface area contributed by atoms with Gasteiger partial charge < -0.3 is 9.84 Å². The van der Waals surface area contributed by atoms with Crippen molar-refractivity contribution >= 4 is 11.7 Å². The smallest absolute Gasteiger partial charge is 0.307 e. The van der Waals surface area contributed by atoms with Gasteiger partial charge in [-0.2, -0.15) is 0 Å². The Hall–Kier alpha value is -2.11. The molecule has 0 radical (unpaired) electrons. The van der Waals surface area contributed by atoms with Crippen molar-refractivity contribution in [3.05, 3.63) is 33.9 Å². The molecule has 0 saturated heterocycles. The van der Waals surface area contributed by atoms with Crippen LogP contribution in [0.5, 0.6) is 5.75 Å². The van der Waals surface area contributed by atoms with Gasteiger partial charge in [0.2, 0.25) is 0 Å². The first kappa shape index (κ1) is 13.0. The molecule has 0 bridgehead atoms. The largest absolute Gasteiger partial charge is 0.490 e. The van der Waals surface area contributed by atoms with Crippen LogP contribution in [0, 0.1) is 17.0 Å². The molecular formula is C11H13NO5. The van der Waals surface area contributed by atoms with Gasteiger partial charge in [0.25, 0.3) is 5.69 Å². The molecule has 0 saturated carbocycles. The van der Waals surface area contributed by atoms with Gasteiger partial charge in [-0.3, -0.25) is 14.9 Å². The number of non-ortho nitro benzene ring substituents is 1. The lowest BCUT2D eigenvalue weighted by atomic mass is 10.2. The fourth-order valence-corrected chi connectivity index (χ4v) is 1.33. The lowest BCUT2D eigenvalue weighted by Gasteiger charge is -2.14. The van der Waals surface area contributed by atoms with Gasteiger partial charge in [0.15, 0.2) is 0 Å². The van der Waals surface area contributed by atoms with Gasteiger partial charge in [-0.25, -0.2) is 0 Å². The predicted molar refractivity (Wildman–Crippen MR) is 60.2 cm³/mol. The van der Waals surface area contributed by atoms with E-state index in [0.29, 0.717) is 5.75 Å². The lowest BCUT2D eigenvalue weighted by molar-refractivity contribution is -0.385. The average Bonchev–Trinajstić information content (AvgIpc) is 2.19. The standard InChI is InChI=1S/C11H13NO5/c1-7-3-4-9(12(15)16)6-10(7)17-8(2)5-11(13)14/h3-4,6,8H,5H2,1-2H3,(H,13,14)/t8-/m1/s1. The van der Waals surface area contributed by atoms with Crippen molar-refractivity contribution in [1.82, 2.24) is 0 Å². The van der Waals surface area contributed by atoms with Gasteiger partial charge in [0.05, 0.1) is 17.4 Å². The Morgan fingerprint density at radius 1 is 1.59 bits per heavy atom. The maximum Gasteiger partial charge on any atom is 0.307 e. The highest BCUT2D eigenvalue weighted by Gasteiger charge is 2.14. The van der Waals surface area contributed by atoms with E-state index in [-0.39, 0.29) is 12.1 Å². The van der Waals surface area contributed by atoms with E-state index in [1.807, 2.05) is 0 Å². The number of aliphatic carboxylic acids is 1. The monoisotopic (exact) mass is 239 g/mol. The summed E-state index contributed by atoms with van der Waals surface area (Å²) in [5.74, 6) is -0.631. The third-order valence-electron chi connectivity index (χ3n) is 2.17. The molecule has 0 heterocycles. The molecule has 1 atom stereocenters. The van der Waals surface area contributed by atoms with Gasteiger partial charge in [0.1, 0.15) is 11.9 Å². The highest BCUT2D eigenvalue weighted by atomic mass is 16.6. The Morgan fingerprint density at radius 3 is 2.76 bits per heavy atom. The van der Waals surface area contributed by atoms with E-state index in [9.17, 15) is 14.9 Å². The summed E-state index contributed by atoms with van der Waals surface area (Å²) in [6, 6.07) is 4.25. The molecule has 1 N–H and O–H groups in total. The van der Waals surface area contributed by atoms with Crippen LogP contribution in [0.25, 0.3) is 0 Å². The Bertz CT molecular complexity index is 443. The molecule has 0 aliphatic heterocycles. The molecule has 92 valence electrons. The molecule has 0 fully saturated rings. The number of hydrogen-bond donors (Lipinski definition) is 1. The number of benzene rings is 1. The van der Waals surface area contributed by atoms with E-state index < -0.39 is 17.0 Å². The number of nitro groups is 1. The summed E-state index contributed by atoms with van der Waals surface area (Å²) in [6.45, 7) is 3.35. The normalized spacial score (nSPS) is 11.9. The highest BCUT2D eigenvalue weighted by Crippen LogP contribution is 2.25. The molecule has 1 rings (SSSR count). The molecule has 0 aromatic heterocycles. The van der Waals surface area contributed by atoms with Crippen LogP contribution in [0.15, 0.2) is 18.2 Å². The molecule has 6 heteroatoms. The lowest BCUT2D eigenvalue weighted by Crippen LogP contribution is -2.17. The summed E-state index contributed by atoms with van der Waals surface area (Å²) in [7, 11) is 0. The van der Waals surface area contributed by atoms with Crippen LogP contribution in [-0.2, 0) is 4.79 Å². The minimum atomic E-state index is -0.972. The topological polar surface area (TPSA) is 89.7 Å². The average molecular weight is 239 g/mol. The van der Waals surface area contributed by atoms with Crippen molar-refractivity contribution in [2.75, 3.05) is 0 Å². The fourth-order valence-electron chi connectivity index (χ4n) is 1.33. The molecule has 0 spiro atoms. The Kier molecular flexibility index (Phi) is 4.03. The summed E-state index contributed by atoms with van der Waals surface area (Å²) in [6.07, 6.45) is -0.685. The van der Waals surface area contributed by atoms with Crippen LogP contribution < -0.4 is 4.74 Å². The summed E-state index contributed by atoms with van der Waals surface area (Å²) in [5, 5.41) is 19.2. The van der Waals surface area contributed by atoms with Gasteiger partial charge in [0, 0.05) is 6.07 Å². The maximum absolute atomic E-state index is 10.6. The molecule has 6 nitrogen and oxygen atoms in total. The number of rotatable bonds is 5. The van der Waals surface area contributed by atoms with Crippen molar-refractivity contribution in [2.45, 2.75) is 26.4 Å². The molecule has 1 aromatic rings. The summed E-state index contributed by atoms with van der Waals surface area (Å²) >= 11 is 0. The van der Waals surface area contributed by atoms with E-state index in [0.717, 1.165) is 5.56 Å². The molecule has 0 amide bonds. The van der Waals surface area contributed by atoms with Crippen LogP contribution in [0.2, 0.25) is 0 Å². The van der Waals surface area contributed by atoms with Gasteiger partial charge in [-0.15, -0.1) is 0 Å². The molecule has 0 unspecified atom stereocenters. The zero-order chi connectivity index (χ0) is 13.0. The van der Waals surface area contributed by atoms with E-state index in [1.165, 1.54) is 12.1 Å². The highest BCUT2D eigenvalue weighted by molar-refractivity contribution is 5.67. The van der Waals surface area contributed by atoms with E-state index in [2.05, 4.69) is 0 Å². The summed E-state index contributed by atoms with van der Waals surface area (Å²) in [5.41, 5.74) is 0.654. The number of carbonyl (C=O) groups is 1. The van der Waals surface area contributed by atoms with E-state index >= 15 is 0 Å². The fraction of sp³-hybridized carbons (Fsp3) is 0.364.